The van der Waals surface area contributed by atoms with Gasteiger partial charge in [-0.3, -0.25) is 9.78 Å². The lowest BCUT2D eigenvalue weighted by atomic mass is 10.0. The number of rotatable bonds is 3. The van der Waals surface area contributed by atoms with Crippen molar-refractivity contribution in [2.45, 2.75) is 51.5 Å². The molecule has 0 bridgehead atoms. The van der Waals surface area contributed by atoms with Gasteiger partial charge in [0.2, 0.25) is 0 Å². The molecule has 2 heterocycles. The maximum atomic E-state index is 12.9. The van der Waals surface area contributed by atoms with Gasteiger partial charge in [0.05, 0.1) is 11.1 Å². The van der Waals surface area contributed by atoms with Gasteiger partial charge in [-0.1, -0.05) is 18.2 Å². The van der Waals surface area contributed by atoms with Crippen molar-refractivity contribution in [3.63, 3.8) is 0 Å². The molecule has 1 atom stereocenters. The molecule has 1 aromatic carbocycles. The quantitative estimate of drug-likeness (QED) is 0.796. The fourth-order valence-corrected chi connectivity index (χ4v) is 4.20. The zero-order valence-electron chi connectivity index (χ0n) is 15.2. The predicted molar refractivity (Wildman–Crippen MR) is 99.1 cm³/mol. The molecule has 0 N–H and O–H groups in total. The monoisotopic (exact) mass is 352 g/mol. The minimum Gasteiger partial charge on any atom is -0.452 e. The number of nitrogens with zero attached hydrogens (tertiary/aromatic N) is 2. The Bertz CT molecular complexity index is 862. The Morgan fingerprint density at radius 3 is 2.88 bits per heavy atom. The summed E-state index contributed by atoms with van der Waals surface area (Å²) in [6.07, 6.45) is 5.93. The van der Waals surface area contributed by atoms with Crippen LogP contribution in [0.3, 0.4) is 0 Å². The number of aromatic nitrogens is 1. The Kier molecular flexibility index (Phi) is 4.62. The van der Waals surface area contributed by atoms with E-state index in [-0.39, 0.29) is 18.6 Å². The Morgan fingerprint density at radius 1 is 1.19 bits per heavy atom. The molecule has 1 fully saturated rings. The highest BCUT2D eigenvalue weighted by Gasteiger charge is 2.27. The number of amides is 1. The third kappa shape index (κ3) is 3.06. The number of aryl methyl sites for hydroxylation is 1. The number of fused-ring (bicyclic) bond motifs is 2. The zero-order valence-corrected chi connectivity index (χ0v) is 15.2. The lowest BCUT2D eigenvalue weighted by molar-refractivity contribution is -0.137. The van der Waals surface area contributed by atoms with Crippen LogP contribution in [0.4, 0.5) is 0 Å². The standard InChI is InChI=1S/C21H24N2O3/c1-14-7-4-5-12-23(14)19(24)13-26-21(25)20-15-8-2-3-10-17(15)22-18-11-6-9-16(18)20/h2-3,8,10,14H,4-7,9,11-13H2,1H3/t14-/m0/s1. The van der Waals surface area contributed by atoms with Gasteiger partial charge in [0, 0.05) is 23.7 Å². The van der Waals surface area contributed by atoms with E-state index in [2.05, 4.69) is 6.92 Å². The van der Waals surface area contributed by atoms with Gasteiger partial charge < -0.3 is 9.64 Å². The fourth-order valence-electron chi connectivity index (χ4n) is 4.20. The van der Waals surface area contributed by atoms with E-state index in [4.69, 9.17) is 9.72 Å². The van der Waals surface area contributed by atoms with E-state index in [0.29, 0.717) is 5.56 Å². The van der Waals surface area contributed by atoms with E-state index in [0.717, 1.165) is 67.2 Å². The van der Waals surface area contributed by atoms with Gasteiger partial charge in [0.25, 0.3) is 5.91 Å². The van der Waals surface area contributed by atoms with Crippen LogP contribution in [-0.2, 0) is 22.4 Å². The van der Waals surface area contributed by atoms with Gasteiger partial charge in [-0.2, -0.15) is 0 Å². The maximum Gasteiger partial charge on any atom is 0.339 e. The molecule has 2 aliphatic rings. The molecule has 0 spiro atoms. The third-order valence-electron chi connectivity index (χ3n) is 5.57. The number of carbonyl (C=O) groups is 2. The molecule has 0 unspecified atom stereocenters. The van der Waals surface area contributed by atoms with Gasteiger partial charge in [-0.25, -0.2) is 4.79 Å². The Hall–Kier alpha value is -2.43. The molecular formula is C21H24N2O3. The molecule has 136 valence electrons. The van der Waals surface area contributed by atoms with Gasteiger partial charge >= 0.3 is 5.97 Å². The van der Waals surface area contributed by atoms with Crippen LogP contribution in [0.5, 0.6) is 0 Å². The number of esters is 1. The van der Waals surface area contributed by atoms with Crippen molar-refractivity contribution in [1.29, 1.82) is 0 Å². The summed E-state index contributed by atoms with van der Waals surface area (Å²) in [5.74, 6) is -0.500. The summed E-state index contributed by atoms with van der Waals surface area (Å²) < 4.78 is 5.47. The summed E-state index contributed by atoms with van der Waals surface area (Å²) in [5.41, 5.74) is 3.40. The minimum absolute atomic E-state index is 0.0967. The van der Waals surface area contributed by atoms with Crippen LogP contribution in [0.1, 0.15) is 54.2 Å². The molecule has 5 nitrogen and oxygen atoms in total. The summed E-state index contributed by atoms with van der Waals surface area (Å²) in [6, 6.07) is 7.88. The minimum atomic E-state index is -0.403. The second-order valence-electron chi connectivity index (χ2n) is 7.29. The number of likely N-dealkylation sites (tertiary alicyclic amines) is 1. The summed E-state index contributed by atoms with van der Waals surface area (Å²) in [5, 5.41) is 0.817. The lowest BCUT2D eigenvalue weighted by Crippen LogP contribution is -2.44. The number of benzene rings is 1. The molecule has 26 heavy (non-hydrogen) atoms. The number of pyridine rings is 1. The van der Waals surface area contributed by atoms with Crippen LogP contribution in [0.15, 0.2) is 24.3 Å². The molecule has 1 aliphatic carbocycles. The van der Waals surface area contributed by atoms with Crippen LogP contribution in [0.25, 0.3) is 10.9 Å². The zero-order chi connectivity index (χ0) is 18.1. The van der Waals surface area contributed by atoms with Crippen LogP contribution >= 0.6 is 0 Å². The van der Waals surface area contributed by atoms with Crippen LogP contribution in [0.2, 0.25) is 0 Å². The molecule has 2 aromatic rings. The molecule has 0 radical (unpaired) electrons. The van der Waals surface area contributed by atoms with Crippen molar-refractivity contribution < 1.29 is 14.3 Å². The van der Waals surface area contributed by atoms with E-state index in [9.17, 15) is 9.59 Å². The van der Waals surface area contributed by atoms with E-state index in [1.165, 1.54) is 0 Å². The van der Waals surface area contributed by atoms with E-state index in [1.807, 2.05) is 29.2 Å². The maximum absolute atomic E-state index is 12.9. The van der Waals surface area contributed by atoms with Crippen molar-refractivity contribution >= 4 is 22.8 Å². The summed E-state index contributed by atoms with van der Waals surface area (Å²) in [6.45, 7) is 2.63. The topological polar surface area (TPSA) is 59.5 Å². The Morgan fingerprint density at radius 2 is 2.04 bits per heavy atom. The predicted octanol–water partition coefficient (Wildman–Crippen LogP) is 3.28. The van der Waals surface area contributed by atoms with Crippen molar-refractivity contribution in [3.05, 3.63) is 41.1 Å². The highest BCUT2D eigenvalue weighted by molar-refractivity contribution is 6.05. The number of carbonyl (C=O) groups excluding carboxylic acids is 2. The first-order valence-corrected chi connectivity index (χ1v) is 9.52. The first kappa shape index (κ1) is 17.0. The number of hydrogen-bond acceptors (Lipinski definition) is 4. The van der Waals surface area contributed by atoms with Crippen molar-refractivity contribution in [2.24, 2.45) is 0 Å². The molecule has 0 saturated carbocycles. The lowest BCUT2D eigenvalue weighted by Gasteiger charge is -2.33. The summed E-state index contributed by atoms with van der Waals surface area (Å²) in [7, 11) is 0. The molecule has 1 amide bonds. The van der Waals surface area contributed by atoms with Crippen molar-refractivity contribution in [1.82, 2.24) is 9.88 Å². The highest BCUT2D eigenvalue weighted by Crippen LogP contribution is 2.30. The first-order chi connectivity index (χ1) is 12.6. The van der Waals surface area contributed by atoms with E-state index >= 15 is 0 Å². The average Bonchev–Trinajstić information content (AvgIpc) is 3.12. The second kappa shape index (κ2) is 7.06. The largest absolute Gasteiger partial charge is 0.452 e. The summed E-state index contributed by atoms with van der Waals surface area (Å²) >= 11 is 0. The molecule has 4 rings (SSSR count). The van der Waals surface area contributed by atoms with E-state index < -0.39 is 5.97 Å². The van der Waals surface area contributed by atoms with E-state index in [1.54, 1.807) is 0 Å². The number of hydrogen-bond donors (Lipinski definition) is 0. The number of para-hydroxylation sites is 1. The third-order valence-corrected chi connectivity index (χ3v) is 5.57. The summed E-state index contributed by atoms with van der Waals surface area (Å²) in [4.78, 5) is 31.9. The molecule has 1 aliphatic heterocycles. The molecular weight excluding hydrogens is 328 g/mol. The fraction of sp³-hybridized carbons (Fsp3) is 0.476. The number of ether oxygens (including phenoxy) is 1. The second-order valence-corrected chi connectivity index (χ2v) is 7.29. The van der Waals surface area contributed by atoms with Gasteiger partial charge in [0.15, 0.2) is 6.61 Å². The number of piperidine rings is 1. The highest BCUT2D eigenvalue weighted by atomic mass is 16.5. The van der Waals surface area contributed by atoms with Crippen molar-refractivity contribution in [3.8, 4) is 0 Å². The molecule has 1 aromatic heterocycles. The SMILES string of the molecule is C[C@H]1CCCCN1C(=O)COC(=O)c1c2c(nc3ccccc13)CCC2. The van der Waals surface area contributed by atoms with Gasteiger partial charge in [-0.15, -0.1) is 0 Å². The van der Waals surface area contributed by atoms with Crippen LogP contribution < -0.4 is 0 Å². The van der Waals surface area contributed by atoms with Crippen LogP contribution in [-0.4, -0.2) is 41.0 Å². The van der Waals surface area contributed by atoms with Gasteiger partial charge in [-0.05, 0) is 57.1 Å². The first-order valence-electron chi connectivity index (χ1n) is 9.52. The average molecular weight is 352 g/mol. The molecule has 1 saturated heterocycles. The molecule has 5 heteroatoms. The van der Waals surface area contributed by atoms with Gasteiger partial charge in [0.1, 0.15) is 0 Å². The smallest absolute Gasteiger partial charge is 0.339 e. The normalized spacial score (nSPS) is 19.4. The Labute approximate surface area is 153 Å². The van der Waals surface area contributed by atoms with Crippen molar-refractivity contribution in [2.75, 3.05) is 13.2 Å². The van der Waals surface area contributed by atoms with Crippen LogP contribution in [0, 0.1) is 0 Å². The Balaban J connectivity index is 1.56.